The molecule has 21 heavy (non-hydrogen) atoms. The fraction of sp³-hybridized carbons (Fsp3) is 0.133. The van der Waals surface area contributed by atoms with Crippen LogP contribution in [0.2, 0.25) is 0 Å². The molecule has 2 aromatic heterocycles. The third-order valence-electron chi connectivity index (χ3n) is 3.38. The molecule has 0 spiro atoms. The van der Waals surface area contributed by atoms with E-state index in [4.69, 9.17) is 0 Å². The van der Waals surface area contributed by atoms with Gasteiger partial charge in [-0.15, -0.1) is 0 Å². The van der Waals surface area contributed by atoms with Crippen molar-refractivity contribution in [2.75, 3.05) is 0 Å². The third kappa shape index (κ3) is 2.38. The number of halogens is 1. The van der Waals surface area contributed by atoms with E-state index in [1.54, 1.807) is 24.5 Å². The summed E-state index contributed by atoms with van der Waals surface area (Å²) in [4.78, 5) is 4.08. The van der Waals surface area contributed by atoms with Crippen LogP contribution in [-0.4, -0.2) is 17.4 Å². The van der Waals surface area contributed by atoms with Gasteiger partial charge in [0.05, 0.1) is 5.52 Å². The van der Waals surface area contributed by atoms with Crippen LogP contribution < -0.4 is 0 Å². The Kier molecular flexibility index (Phi) is 3.59. The molecule has 0 radical (unpaired) electrons. The van der Waals surface area contributed by atoms with Gasteiger partial charge in [-0.05, 0) is 36.2 Å². The quantitative estimate of drug-likeness (QED) is 0.668. The topological polar surface area (TPSA) is 52.0 Å². The molecule has 108 valence electrons. The smallest absolute Gasteiger partial charge is 0.263 e. The molecule has 0 N–H and O–H groups in total. The summed E-state index contributed by atoms with van der Waals surface area (Å²) in [5.41, 5.74) is 2.65. The largest absolute Gasteiger partial charge is 0.269 e. The highest BCUT2D eigenvalue weighted by atomic mass is 79.9. The Bertz CT molecular complexity index is 902. The van der Waals surface area contributed by atoms with Gasteiger partial charge in [0.1, 0.15) is 4.90 Å². The first kappa shape index (κ1) is 14.3. The van der Waals surface area contributed by atoms with Crippen LogP contribution in [0.25, 0.3) is 10.9 Å². The molecule has 1 aromatic carbocycles. The monoisotopic (exact) mass is 364 g/mol. The number of alkyl halides is 1. The van der Waals surface area contributed by atoms with Gasteiger partial charge in [-0.3, -0.25) is 4.98 Å². The van der Waals surface area contributed by atoms with Gasteiger partial charge in [0, 0.05) is 29.3 Å². The Hall–Kier alpha value is -1.66. The van der Waals surface area contributed by atoms with Gasteiger partial charge in [-0.1, -0.05) is 28.1 Å². The normalized spacial score (nSPS) is 11.9. The summed E-state index contributed by atoms with van der Waals surface area (Å²) in [6.07, 6.45) is 4.58. The molecule has 0 atom stereocenters. The van der Waals surface area contributed by atoms with Gasteiger partial charge in [-0.25, -0.2) is 12.4 Å². The maximum atomic E-state index is 12.8. The molecular formula is C15H13BrN2O2S. The summed E-state index contributed by atoms with van der Waals surface area (Å²) in [5.74, 6) is 0. The number of fused-ring (bicyclic) bond motifs is 1. The van der Waals surface area contributed by atoms with E-state index in [0.717, 1.165) is 16.5 Å². The number of hydrogen-bond acceptors (Lipinski definition) is 3. The van der Waals surface area contributed by atoms with Crippen molar-refractivity contribution in [3.63, 3.8) is 0 Å². The molecule has 0 aliphatic rings. The van der Waals surface area contributed by atoms with Gasteiger partial charge in [0.2, 0.25) is 0 Å². The van der Waals surface area contributed by atoms with Crippen LogP contribution in [0.5, 0.6) is 0 Å². The lowest BCUT2D eigenvalue weighted by Crippen LogP contribution is -2.12. The minimum absolute atomic E-state index is 0.186. The second-order valence-corrected chi connectivity index (χ2v) is 7.16. The number of rotatable bonds is 3. The lowest BCUT2D eigenvalue weighted by molar-refractivity contribution is 0.588. The van der Waals surface area contributed by atoms with Crippen molar-refractivity contribution in [2.45, 2.75) is 17.1 Å². The molecule has 3 aromatic rings. The van der Waals surface area contributed by atoms with E-state index in [-0.39, 0.29) is 4.90 Å². The molecule has 2 heterocycles. The maximum absolute atomic E-state index is 12.8. The van der Waals surface area contributed by atoms with Crippen LogP contribution in [0, 0.1) is 6.92 Å². The molecule has 0 amide bonds. The number of benzene rings is 1. The summed E-state index contributed by atoms with van der Waals surface area (Å²) in [6, 6.07) is 9.01. The van der Waals surface area contributed by atoms with Crippen molar-refractivity contribution in [1.82, 2.24) is 8.96 Å². The molecule has 3 rings (SSSR count). The first-order valence-corrected chi connectivity index (χ1v) is 8.92. The van der Waals surface area contributed by atoms with Crippen LogP contribution in [0.15, 0.2) is 53.8 Å². The van der Waals surface area contributed by atoms with E-state index >= 15 is 0 Å². The minimum atomic E-state index is -3.63. The Balaban J connectivity index is 2.30. The minimum Gasteiger partial charge on any atom is -0.263 e. The maximum Gasteiger partial charge on any atom is 0.269 e. The molecule has 0 unspecified atom stereocenters. The number of aryl methyl sites for hydroxylation is 1. The highest BCUT2D eigenvalue weighted by molar-refractivity contribution is 9.08. The van der Waals surface area contributed by atoms with Crippen LogP contribution in [0.3, 0.4) is 0 Å². The van der Waals surface area contributed by atoms with Gasteiger partial charge in [0.15, 0.2) is 0 Å². The summed E-state index contributed by atoms with van der Waals surface area (Å²) >= 11 is 3.40. The predicted octanol–water partition coefficient (Wildman–Crippen LogP) is 3.48. The lowest BCUT2D eigenvalue weighted by Gasteiger charge is -2.07. The van der Waals surface area contributed by atoms with E-state index in [0.29, 0.717) is 10.8 Å². The summed E-state index contributed by atoms with van der Waals surface area (Å²) in [7, 11) is -3.63. The summed E-state index contributed by atoms with van der Waals surface area (Å²) < 4.78 is 26.9. The summed E-state index contributed by atoms with van der Waals surface area (Å²) in [5, 5.41) is 1.62. The highest BCUT2D eigenvalue weighted by Crippen LogP contribution is 2.26. The Morgan fingerprint density at radius 3 is 2.76 bits per heavy atom. The molecule has 0 bridgehead atoms. The van der Waals surface area contributed by atoms with E-state index in [1.807, 2.05) is 25.1 Å². The Labute approximate surface area is 131 Å². The molecule has 6 heteroatoms. The van der Waals surface area contributed by atoms with Crippen LogP contribution in [0.1, 0.15) is 11.1 Å². The van der Waals surface area contributed by atoms with Crippen LogP contribution >= 0.6 is 15.9 Å². The molecule has 4 nitrogen and oxygen atoms in total. The lowest BCUT2D eigenvalue weighted by atomic mass is 10.1. The standard InChI is InChI=1S/C15H13BrN2O2S/c1-11-10-18(15-7-12(8-16)4-5-14(11)15)21(19,20)13-3-2-6-17-9-13/h2-7,9-10H,8H2,1H3. The zero-order valence-electron chi connectivity index (χ0n) is 11.3. The van der Waals surface area contributed by atoms with Crippen molar-refractivity contribution in [3.8, 4) is 0 Å². The molecule has 0 saturated carbocycles. The average Bonchev–Trinajstić information content (AvgIpc) is 2.85. The van der Waals surface area contributed by atoms with Crippen molar-refractivity contribution in [2.24, 2.45) is 0 Å². The number of pyridine rings is 1. The highest BCUT2D eigenvalue weighted by Gasteiger charge is 2.20. The van der Waals surface area contributed by atoms with Gasteiger partial charge >= 0.3 is 0 Å². The van der Waals surface area contributed by atoms with Crippen molar-refractivity contribution < 1.29 is 8.42 Å². The van der Waals surface area contributed by atoms with Crippen molar-refractivity contribution in [1.29, 1.82) is 0 Å². The average molecular weight is 365 g/mol. The van der Waals surface area contributed by atoms with Gasteiger partial charge in [-0.2, -0.15) is 0 Å². The fourth-order valence-electron chi connectivity index (χ4n) is 2.30. The number of aromatic nitrogens is 2. The van der Waals surface area contributed by atoms with Crippen LogP contribution in [-0.2, 0) is 15.4 Å². The SMILES string of the molecule is Cc1cn(S(=O)(=O)c2cccnc2)c2cc(CBr)ccc12. The second-order valence-electron chi connectivity index (χ2n) is 4.79. The Morgan fingerprint density at radius 2 is 2.10 bits per heavy atom. The van der Waals surface area contributed by atoms with E-state index in [9.17, 15) is 8.42 Å². The zero-order chi connectivity index (χ0) is 15.0. The first-order chi connectivity index (χ1) is 10.0. The fourth-order valence-corrected chi connectivity index (χ4v) is 4.03. The van der Waals surface area contributed by atoms with Gasteiger partial charge < -0.3 is 0 Å². The second kappa shape index (κ2) is 5.27. The van der Waals surface area contributed by atoms with Crippen molar-refractivity contribution >= 4 is 36.9 Å². The summed E-state index contributed by atoms with van der Waals surface area (Å²) in [6.45, 7) is 1.91. The molecule has 0 fully saturated rings. The number of nitrogens with zero attached hydrogens (tertiary/aromatic N) is 2. The first-order valence-electron chi connectivity index (χ1n) is 6.36. The molecular weight excluding hydrogens is 352 g/mol. The molecule has 0 saturated heterocycles. The van der Waals surface area contributed by atoms with E-state index < -0.39 is 10.0 Å². The van der Waals surface area contributed by atoms with E-state index in [1.165, 1.54) is 10.2 Å². The predicted molar refractivity (Wildman–Crippen MR) is 86.1 cm³/mol. The zero-order valence-corrected chi connectivity index (χ0v) is 13.7. The third-order valence-corrected chi connectivity index (χ3v) is 5.69. The molecule has 0 aliphatic heterocycles. The van der Waals surface area contributed by atoms with Crippen molar-refractivity contribution in [3.05, 3.63) is 60.0 Å². The molecule has 0 aliphatic carbocycles. The Morgan fingerprint density at radius 1 is 1.29 bits per heavy atom. The van der Waals surface area contributed by atoms with Gasteiger partial charge in [0.25, 0.3) is 10.0 Å². The van der Waals surface area contributed by atoms with E-state index in [2.05, 4.69) is 20.9 Å². The number of hydrogen-bond donors (Lipinski definition) is 0. The van der Waals surface area contributed by atoms with Crippen LogP contribution in [0.4, 0.5) is 0 Å².